The van der Waals surface area contributed by atoms with Gasteiger partial charge in [-0.1, -0.05) is 11.6 Å². The first-order valence-electron chi connectivity index (χ1n) is 4.77. The Bertz CT molecular complexity index is 430. The number of aliphatic carboxylic acids is 1. The van der Waals surface area contributed by atoms with Crippen LogP contribution < -0.4 is 4.74 Å². The van der Waals surface area contributed by atoms with Crippen LogP contribution in [-0.2, 0) is 9.53 Å². The van der Waals surface area contributed by atoms with Gasteiger partial charge in [0, 0.05) is 5.02 Å². The van der Waals surface area contributed by atoms with Crippen LogP contribution in [0.5, 0.6) is 5.75 Å². The third kappa shape index (κ3) is 3.96. The van der Waals surface area contributed by atoms with E-state index in [4.69, 9.17) is 21.4 Å². The normalized spacial score (nSPS) is 9.76. The fourth-order valence-electron chi connectivity index (χ4n) is 1.15. The Balaban J connectivity index is 2.83. The van der Waals surface area contributed by atoms with Gasteiger partial charge in [0.05, 0.1) is 20.1 Å². The van der Waals surface area contributed by atoms with E-state index in [-0.39, 0.29) is 24.3 Å². The highest BCUT2D eigenvalue weighted by atomic mass is 35.5. The van der Waals surface area contributed by atoms with Crippen LogP contribution in [0.15, 0.2) is 18.2 Å². The molecule has 1 N–H and O–H groups in total. The molecular weight excluding hydrogens is 248 g/mol. The van der Waals surface area contributed by atoms with Gasteiger partial charge in [0.25, 0.3) is 0 Å². The van der Waals surface area contributed by atoms with E-state index < -0.39 is 11.9 Å². The van der Waals surface area contributed by atoms with Crippen molar-refractivity contribution in [3.8, 4) is 5.75 Å². The van der Waals surface area contributed by atoms with E-state index in [2.05, 4.69) is 4.74 Å². The summed E-state index contributed by atoms with van der Waals surface area (Å²) in [5.41, 5.74) is 0.172. The summed E-state index contributed by atoms with van der Waals surface area (Å²) >= 11 is 5.74. The summed E-state index contributed by atoms with van der Waals surface area (Å²) in [6.07, 6.45) is -0.150. The Morgan fingerprint density at radius 2 is 2.12 bits per heavy atom. The van der Waals surface area contributed by atoms with Gasteiger partial charge in [-0.15, -0.1) is 0 Å². The Labute approximate surface area is 103 Å². The molecule has 0 bridgehead atoms. The first-order chi connectivity index (χ1) is 8.04. The maximum atomic E-state index is 11.4. The number of halogens is 1. The monoisotopic (exact) mass is 258 g/mol. The highest BCUT2D eigenvalue weighted by Gasteiger charge is 2.14. The zero-order valence-corrected chi connectivity index (χ0v) is 9.86. The number of benzene rings is 1. The molecule has 0 aliphatic carbocycles. The molecule has 0 atom stereocenters. The van der Waals surface area contributed by atoms with Crippen molar-refractivity contribution < 1.29 is 24.2 Å². The molecule has 1 aromatic carbocycles. The van der Waals surface area contributed by atoms with Crippen molar-refractivity contribution in [2.75, 3.05) is 13.7 Å². The molecule has 17 heavy (non-hydrogen) atoms. The molecule has 1 rings (SSSR count). The van der Waals surface area contributed by atoms with Crippen molar-refractivity contribution in [3.05, 3.63) is 28.8 Å². The number of hydrogen-bond acceptors (Lipinski definition) is 4. The lowest BCUT2D eigenvalue weighted by Gasteiger charge is -2.09. The SMILES string of the molecule is COC(=O)c1cc(Cl)ccc1OCCC(=O)O. The fourth-order valence-corrected chi connectivity index (χ4v) is 1.32. The van der Waals surface area contributed by atoms with Crippen LogP contribution in [0, 0.1) is 0 Å². The first kappa shape index (κ1) is 13.3. The van der Waals surface area contributed by atoms with E-state index >= 15 is 0 Å². The van der Waals surface area contributed by atoms with Crippen molar-refractivity contribution in [1.29, 1.82) is 0 Å². The lowest BCUT2D eigenvalue weighted by molar-refractivity contribution is -0.137. The number of carboxylic acids is 1. The molecule has 0 saturated carbocycles. The maximum Gasteiger partial charge on any atom is 0.341 e. The second kappa shape index (κ2) is 6.10. The minimum Gasteiger partial charge on any atom is -0.492 e. The number of methoxy groups -OCH3 is 1. The van der Waals surface area contributed by atoms with Gasteiger partial charge in [0.1, 0.15) is 11.3 Å². The zero-order chi connectivity index (χ0) is 12.8. The first-order valence-corrected chi connectivity index (χ1v) is 5.15. The summed E-state index contributed by atoms with van der Waals surface area (Å²) < 4.78 is 9.75. The van der Waals surface area contributed by atoms with Gasteiger partial charge < -0.3 is 14.6 Å². The Morgan fingerprint density at radius 3 is 2.71 bits per heavy atom. The molecule has 0 radical (unpaired) electrons. The second-order valence-corrected chi connectivity index (χ2v) is 3.56. The van der Waals surface area contributed by atoms with Gasteiger partial charge in [0.15, 0.2) is 0 Å². The van der Waals surface area contributed by atoms with E-state index in [1.54, 1.807) is 6.07 Å². The smallest absolute Gasteiger partial charge is 0.341 e. The molecule has 0 aliphatic heterocycles. The average Bonchev–Trinajstić information content (AvgIpc) is 2.29. The van der Waals surface area contributed by atoms with E-state index in [0.717, 1.165) is 0 Å². The van der Waals surface area contributed by atoms with Gasteiger partial charge in [0.2, 0.25) is 0 Å². The summed E-state index contributed by atoms with van der Waals surface area (Å²) in [6.45, 7) is -0.0268. The number of esters is 1. The van der Waals surface area contributed by atoms with Gasteiger partial charge in [-0.2, -0.15) is 0 Å². The molecular formula is C11H11ClO5. The predicted molar refractivity (Wildman–Crippen MR) is 60.5 cm³/mol. The van der Waals surface area contributed by atoms with Crippen LogP contribution >= 0.6 is 11.6 Å². The zero-order valence-electron chi connectivity index (χ0n) is 9.10. The molecule has 0 aliphatic rings. The van der Waals surface area contributed by atoms with E-state index in [1.165, 1.54) is 19.2 Å². The molecule has 0 amide bonds. The summed E-state index contributed by atoms with van der Waals surface area (Å²) in [7, 11) is 1.24. The van der Waals surface area contributed by atoms with Crippen LogP contribution in [0.3, 0.4) is 0 Å². The Hall–Kier alpha value is -1.75. The number of rotatable bonds is 5. The van der Waals surface area contributed by atoms with Crippen molar-refractivity contribution in [2.45, 2.75) is 6.42 Å². The van der Waals surface area contributed by atoms with E-state index in [0.29, 0.717) is 5.02 Å². The molecule has 0 unspecified atom stereocenters. The standard InChI is InChI=1S/C11H11ClO5/c1-16-11(15)8-6-7(12)2-3-9(8)17-5-4-10(13)14/h2-3,6H,4-5H2,1H3,(H,13,14). The lowest BCUT2D eigenvalue weighted by atomic mass is 10.2. The summed E-state index contributed by atoms with van der Waals surface area (Å²) in [4.78, 5) is 21.7. The summed E-state index contributed by atoms with van der Waals surface area (Å²) in [5.74, 6) is -1.31. The molecule has 5 nitrogen and oxygen atoms in total. The minimum absolute atomic E-state index is 0.0268. The van der Waals surface area contributed by atoms with Crippen molar-refractivity contribution in [1.82, 2.24) is 0 Å². The Kier molecular flexibility index (Phi) is 4.78. The molecule has 92 valence electrons. The third-order valence-electron chi connectivity index (χ3n) is 1.92. The molecule has 6 heteroatoms. The van der Waals surface area contributed by atoms with Gasteiger partial charge in [-0.3, -0.25) is 4.79 Å². The number of carbonyl (C=O) groups is 2. The van der Waals surface area contributed by atoms with Crippen molar-refractivity contribution in [3.63, 3.8) is 0 Å². The predicted octanol–water partition coefficient (Wildman–Crippen LogP) is 1.98. The highest BCUT2D eigenvalue weighted by molar-refractivity contribution is 6.31. The summed E-state index contributed by atoms with van der Waals surface area (Å²) in [6, 6.07) is 4.45. The number of carbonyl (C=O) groups excluding carboxylic acids is 1. The molecule has 0 aromatic heterocycles. The van der Waals surface area contributed by atoms with Crippen LogP contribution in [0.25, 0.3) is 0 Å². The van der Waals surface area contributed by atoms with Crippen molar-refractivity contribution >= 4 is 23.5 Å². The molecule has 0 spiro atoms. The maximum absolute atomic E-state index is 11.4. The van der Waals surface area contributed by atoms with Crippen LogP contribution in [0.4, 0.5) is 0 Å². The molecule has 1 aromatic rings. The molecule has 0 saturated heterocycles. The highest BCUT2D eigenvalue weighted by Crippen LogP contribution is 2.23. The van der Waals surface area contributed by atoms with Crippen LogP contribution in [-0.4, -0.2) is 30.8 Å². The van der Waals surface area contributed by atoms with Gasteiger partial charge >= 0.3 is 11.9 Å². The molecule has 0 fully saturated rings. The number of ether oxygens (including phenoxy) is 2. The van der Waals surface area contributed by atoms with Gasteiger partial charge in [-0.25, -0.2) is 4.79 Å². The average molecular weight is 259 g/mol. The van der Waals surface area contributed by atoms with E-state index in [9.17, 15) is 9.59 Å². The second-order valence-electron chi connectivity index (χ2n) is 3.12. The quantitative estimate of drug-likeness (QED) is 0.818. The number of carboxylic acid groups (broad SMARTS) is 1. The third-order valence-corrected chi connectivity index (χ3v) is 2.16. The fraction of sp³-hybridized carbons (Fsp3) is 0.273. The lowest BCUT2D eigenvalue weighted by Crippen LogP contribution is -2.09. The number of hydrogen-bond donors (Lipinski definition) is 1. The van der Waals surface area contributed by atoms with E-state index in [1.807, 2.05) is 0 Å². The van der Waals surface area contributed by atoms with Crippen molar-refractivity contribution in [2.24, 2.45) is 0 Å². The molecule has 0 heterocycles. The Morgan fingerprint density at radius 1 is 1.41 bits per heavy atom. The summed E-state index contributed by atoms with van der Waals surface area (Å²) in [5, 5.41) is 8.84. The van der Waals surface area contributed by atoms with Crippen LogP contribution in [0.1, 0.15) is 16.8 Å². The van der Waals surface area contributed by atoms with Crippen LogP contribution in [0.2, 0.25) is 5.02 Å². The largest absolute Gasteiger partial charge is 0.492 e. The minimum atomic E-state index is -0.974. The topological polar surface area (TPSA) is 72.8 Å². The van der Waals surface area contributed by atoms with Gasteiger partial charge in [-0.05, 0) is 18.2 Å².